The van der Waals surface area contributed by atoms with Crippen molar-refractivity contribution in [3.05, 3.63) is 88.4 Å². The maximum absolute atomic E-state index is 14.3. The number of carbonyl (C=O) groups is 4. The summed E-state index contributed by atoms with van der Waals surface area (Å²) in [5.41, 5.74) is 2.05. The molecule has 2 N–H and O–H groups in total. The number of benzene rings is 2. The molecule has 0 radical (unpaired) electrons. The number of anilines is 1. The second kappa shape index (κ2) is 15.3. The third-order valence-electron chi connectivity index (χ3n) is 8.37. The molecule has 0 aliphatic heterocycles. The van der Waals surface area contributed by atoms with Crippen LogP contribution >= 0.6 is 0 Å². The molecule has 10 nitrogen and oxygen atoms in total. The number of hydrogen-bond donors (Lipinski definition) is 2. The van der Waals surface area contributed by atoms with Crippen molar-refractivity contribution in [3.8, 4) is 0 Å². The molecular weight excluding hydrogens is 677 g/mol. The molecule has 0 bridgehead atoms. The van der Waals surface area contributed by atoms with Gasteiger partial charge in [0, 0.05) is 0 Å². The fraction of sp³-hybridized carbons (Fsp3) is 0.405. The molecule has 2 aliphatic carbocycles. The van der Waals surface area contributed by atoms with E-state index in [2.05, 4.69) is 28.9 Å². The van der Waals surface area contributed by atoms with E-state index in [1.54, 1.807) is 32.6 Å². The zero-order valence-corrected chi connectivity index (χ0v) is 29.7. The summed E-state index contributed by atoms with van der Waals surface area (Å²) in [4.78, 5) is 54.2. The van der Waals surface area contributed by atoms with Gasteiger partial charge in [0.25, 0.3) is 0 Å². The number of ether oxygens (including phenoxy) is 3. The normalized spacial score (nSPS) is 18.4. The van der Waals surface area contributed by atoms with Crippen LogP contribution in [-0.2, 0) is 19.0 Å². The van der Waals surface area contributed by atoms with Gasteiger partial charge in [-0.2, -0.15) is 0 Å². The number of methoxy groups -OCH3 is 1. The number of alkyl carbamates (subject to hydrolysis) is 1. The Balaban J connectivity index is 1.42. The van der Waals surface area contributed by atoms with Gasteiger partial charge in [-0.05, 0) is 20.8 Å². The Morgan fingerprint density at radius 2 is 1.73 bits per heavy atom. The molecule has 0 saturated heterocycles. The number of esters is 1. The van der Waals surface area contributed by atoms with Crippen LogP contribution in [0.5, 0.6) is 0 Å². The molecule has 5 rings (SSSR count). The van der Waals surface area contributed by atoms with Crippen molar-refractivity contribution in [1.29, 1.82) is 0 Å². The van der Waals surface area contributed by atoms with Crippen molar-refractivity contribution < 1.29 is 33.4 Å². The number of hydrogen-bond acceptors (Lipinski definition) is 7. The first-order valence-electron chi connectivity index (χ1n) is 16.3. The quantitative estimate of drug-likeness (QED) is 0.0976. The van der Waals surface area contributed by atoms with E-state index in [0.717, 1.165) is 20.8 Å². The van der Waals surface area contributed by atoms with Crippen LogP contribution in [-0.4, -0.2) is 75.4 Å². The van der Waals surface area contributed by atoms with E-state index in [1.807, 2.05) is 54.6 Å². The second-order valence-corrected chi connectivity index (χ2v) is 15.1. The molecule has 11 heteroatoms. The summed E-state index contributed by atoms with van der Waals surface area (Å²) < 4.78 is 17.6. The van der Waals surface area contributed by atoms with Gasteiger partial charge >= 0.3 is 240 Å². The van der Waals surface area contributed by atoms with Crippen molar-refractivity contribution in [2.75, 3.05) is 25.6 Å². The van der Waals surface area contributed by atoms with E-state index in [1.165, 1.54) is 7.11 Å². The van der Waals surface area contributed by atoms with Crippen LogP contribution in [0.3, 0.4) is 0 Å². The molecule has 0 fully saturated rings. The first kappa shape index (κ1) is 35.0. The number of unbranched alkanes of at least 4 members (excludes halogenated alkanes) is 1. The molecule has 1 aromatic heterocycles. The SMILES string of the molecule is CCOC(=O)c1cc2cc(NC(=O)C(CCCCNC(=O)OC(C)(C)C)N(C(=O)OC)C3c4ccccc4C4C=CC=CC43)ccc2[se]1. The summed E-state index contributed by atoms with van der Waals surface area (Å²) in [6, 6.07) is 14.1. The maximum atomic E-state index is 14.3. The van der Waals surface area contributed by atoms with E-state index in [9.17, 15) is 19.2 Å². The summed E-state index contributed by atoms with van der Waals surface area (Å²) in [6.07, 6.45) is 8.57. The number of amides is 3. The Labute approximate surface area is 287 Å². The van der Waals surface area contributed by atoms with Gasteiger partial charge in [-0.1, -0.05) is 12.1 Å². The minimum atomic E-state index is -0.891. The van der Waals surface area contributed by atoms with Crippen LogP contribution in [0.2, 0.25) is 0 Å². The summed E-state index contributed by atoms with van der Waals surface area (Å²) in [7, 11) is 1.33. The number of nitrogens with zero attached hydrogens (tertiary/aromatic N) is 1. The zero-order chi connectivity index (χ0) is 34.4. The van der Waals surface area contributed by atoms with Gasteiger partial charge in [0.05, 0.1) is 0 Å². The summed E-state index contributed by atoms with van der Waals surface area (Å²) in [5, 5.41) is 6.69. The van der Waals surface area contributed by atoms with Crippen LogP contribution < -0.4 is 10.6 Å². The van der Waals surface area contributed by atoms with Crippen LogP contribution in [0, 0.1) is 5.92 Å². The van der Waals surface area contributed by atoms with E-state index in [4.69, 9.17) is 14.2 Å². The van der Waals surface area contributed by atoms with E-state index >= 15 is 0 Å². The molecule has 48 heavy (non-hydrogen) atoms. The van der Waals surface area contributed by atoms with Crippen molar-refractivity contribution >= 4 is 53.9 Å². The molecule has 4 unspecified atom stereocenters. The number of fused-ring (bicyclic) bond motifs is 4. The van der Waals surface area contributed by atoms with Crippen LogP contribution in [0.15, 0.2) is 72.8 Å². The first-order valence-corrected chi connectivity index (χ1v) is 18.0. The fourth-order valence-electron chi connectivity index (χ4n) is 6.42. The zero-order valence-electron chi connectivity index (χ0n) is 28.0. The predicted octanol–water partition coefficient (Wildman–Crippen LogP) is 6.72. The third-order valence-corrected chi connectivity index (χ3v) is 10.7. The molecule has 1 heterocycles. The molecule has 2 aliphatic rings. The predicted molar refractivity (Wildman–Crippen MR) is 185 cm³/mol. The molecular formula is C37H43N3O7Se. The first-order chi connectivity index (χ1) is 23.0. The molecule has 3 amide bonds. The van der Waals surface area contributed by atoms with Crippen molar-refractivity contribution in [2.45, 2.75) is 70.6 Å². The summed E-state index contributed by atoms with van der Waals surface area (Å²) in [6.45, 7) is 7.84. The monoisotopic (exact) mass is 721 g/mol. The second-order valence-electron chi connectivity index (χ2n) is 12.8. The molecule has 0 saturated carbocycles. The summed E-state index contributed by atoms with van der Waals surface area (Å²) in [5.74, 6) is -0.695. The van der Waals surface area contributed by atoms with Gasteiger partial charge < -0.3 is 4.74 Å². The number of nitrogens with one attached hydrogen (secondary N) is 2. The van der Waals surface area contributed by atoms with Gasteiger partial charge in [0.15, 0.2) is 0 Å². The molecule has 2 aromatic carbocycles. The van der Waals surface area contributed by atoms with Crippen molar-refractivity contribution in [3.63, 3.8) is 0 Å². The van der Waals surface area contributed by atoms with Crippen molar-refractivity contribution in [2.24, 2.45) is 5.92 Å². The van der Waals surface area contributed by atoms with Gasteiger partial charge in [-0.3, -0.25) is 0 Å². The van der Waals surface area contributed by atoms with Gasteiger partial charge in [-0.15, -0.1) is 0 Å². The van der Waals surface area contributed by atoms with E-state index < -0.39 is 29.9 Å². The Hall–Kier alpha value is -4.34. The van der Waals surface area contributed by atoms with Gasteiger partial charge in [0.1, 0.15) is 5.60 Å². The van der Waals surface area contributed by atoms with Crippen LogP contribution in [0.4, 0.5) is 15.3 Å². The molecule has 4 atom stereocenters. The van der Waals surface area contributed by atoms with Crippen molar-refractivity contribution in [1.82, 2.24) is 10.2 Å². The topological polar surface area (TPSA) is 123 Å². The fourth-order valence-corrected chi connectivity index (χ4v) is 8.38. The van der Waals surface area contributed by atoms with Crippen LogP contribution in [0.25, 0.3) is 9.65 Å². The number of allylic oxidation sites excluding steroid dienone is 3. The number of rotatable bonds is 11. The van der Waals surface area contributed by atoms with Crippen LogP contribution in [0.1, 0.15) is 79.3 Å². The van der Waals surface area contributed by atoms with Gasteiger partial charge in [0.2, 0.25) is 0 Å². The average Bonchev–Trinajstić information content (AvgIpc) is 3.62. The Morgan fingerprint density at radius 1 is 0.979 bits per heavy atom. The third kappa shape index (κ3) is 8.02. The van der Waals surface area contributed by atoms with E-state index in [-0.39, 0.29) is 38.2 Å². The minimum absolute atomic E-state index is 0.0593. The van der Waals surface area contributed by atoms with E-state index in [0.29, 0.717) is 42.5 Å². The molecule has 0 spiro atoms. The average molecular weight is 721 g/mol. The molecule has 3 aromatic rings. The standard InChI is InChI=1S/C37H43N3O7Se/c1-6-46-34(42)31-22-23-21-24(18-19-30(23)48-31)39-33(41)29(17-11-12-20-38-35(43)47-37(2,3)4)40(36(44)45-5)32-27-15-9-7-13-25(27)26-14-8-10-16-28(26)32/h7-10,13-16,18-19,21-22,25,27,29,32H,6,11-12,17,20H2,1-5H3,(H,38,43)(H,39,41). The van der Waals surface area contributed by atoms with Gasteiger partial charge in [-0.25, -0.2) is 4.79 Å². The summed E-state index contributed by atoms with van der Waals surface area (Å²) >= 11 is -0.184. The Morgan fingerprint density at radius 3 is 2.46 bits per heavy atom. The molecule has 254 valence electrons. The Kier molecular flexibility index (Phi) is 11.1. The Bertz CT molecular complexity index is 1720. The number of carbonyl (C=O) groups excluding carboxylic acids is 4.